The summed E-state index contributed by atoms with van der Waals surface area (Å²) in [6.45, 7) is 0. The Morgan fingerprint density at radius 3 is 2.43 bits per heavy atom. The van der Waals surface area contributed by atoms with Gasteiger partial charge in [-0.1, -0.05) is 11.3 Å². The summed E-state index contributed by atoms with van der Waals surface area (Å²) in [7, 11) is 0. The SMILES string of the molecule is NC(=O)C(O)c1nnc(C(F)(F)F)s1. The minimum absolute atomic E-state index is 0.0782. The second-order valence-electron chi connectivity index (χ2n) is 2.25. The van der Waals surface area contributed by atoms with E-state index in [1.807, 2.05) is 0 Å². The third-order valence-corrected chi connectivity index (χ3v) is 2.21. The molecule has 0 radical (unpaired) electrons. The molecular weight excluding hydrogens is 223 g/mol. The minimum atomic E-state index is -4.63. The van der Waals surface area contributed by atoms with Gasteiger partial charge in [0.2, 0.25) is 5.01 Å². The molecule has 1 rings (SSSR count). The Morgan fingerprint density at radius 1 is 1.50 bits per heavy atom. The molecule has 0 aliphatic heterocycles. The van der Waals surface area contributed by atoms with Gasteiger partial charge >= 0.3 is 6.18 Å². The first-order valence-corrected chi connectivity index (χ1v) is 4.02. The Morgan fingerprint density at radius 2 is 2.07 bits per heavy atom. The van der Waals surface area contributed by atoms with Crippen molar-refractivity contribution >= 4 is 17.2 Å². The van der Waals surface area contributed by atoms with E-state index in [2.05, 4.69) is 15.9 Å². The smallest absolute Gasteiger partial charge is 0.376 e. The van der Waals surface area contributed by atoms with Crippen LogP contribution in [0.4, 0.5) is 13.2 Å². The van der Waals surface area contributed by atoms with E-state index in [0.29, 0.717) is 0 Å². The molecule has 1 heterocycles. The van der Waals surface area contributed by atoms with Gasteiger partial charge in [-0.15, -0.1) is 10.2 Å². The molecule has 0 aliphatic carbocycles. The maximum absolute atomic E-state index is 12.0. The lowest BCUT2D eigenvalue weighted by Crippen LogP contribution is -2.20. The lowest BCUT2D eigenvalue weighted by Gasteiger charge is -1.99. The fraction of sp³-hybridized carbons (Fsp3) is 0.400. The van der Waals surface area contributed by atoms with Crippen LogP contribution in [-0.4, -0.2) is 21.2 Å². The van der Waals surface area contributed by atoms with Gasteiger partial charge in [0.05, 0.1) is 0 Å². The van der Waals surface area contributed by atoms with Gasteiger partial charge in [-0.3, -0.25) is 4.79 Å². The molecule has 1 aromatic rings. The molecule has 0 bridgehead atoms. The number of rotatable bonds is 2. The average molecular weight is 227 g/mol. The number of amides is 1. The van der Waals surface area contributed by atoms with E-state index >= 15 is 0 Å². The number of hydrogen-bond acceptors (Lipinski definition) is 5. The molecule has 0 aromatic carbocycles. The van der Waals surface area contributed by atoms with Crippen molar-refractivity contribution in [1.29, 1.82) is 0 Å². The van der Waals surface area contributed by atoms with Gasteiger partial charge in [-0.2, -0.15) is 13.2 Å². The monoisotopic (exact) mass is 227 g/mol. The molecule has 9 heteroatoms. The number of carbonyl (C=O) groups is 1. The Bertz CT molecular complexity index is 350. The fourth-order valence-electron chi connectivity index (χ4n) is 0.581. The molecule has 0 saturated carbocycles. The fourth-order valence-corrected chi connectivity index (χ4v) is 1.29. The van der Waals surface area contributed by atoms with Crippen molar-refractivity contribution in [2.75, 3.05) is 0 Å². The van der Waals surface area contributed by atoms with Crippen LogP contribution >= 0.6 is 11.3 Å². The number of aromatic nitrogens is 2. The largest absolute Gasteiger partial charge is 0.445 e. The van der Waals surface area contributed by atoms with Crippen molar-refractivity contribution in [3.05, 3.63) is 10.0 Å². The number of halogens is 3. The zero-order chi connectivity index (χ0) is 10.9. The van der Waals surface area contributed by atoms with Crippen LogP contribution in [-0.2, 0) is 11.0 Å². The highest BCUT2D eigenvalue weighted by molar-refractivity contribution is 7.11. The van der Waals surface area contributed by atoms with E-state index in [0.717, 1.165) is 0 Å². The molecule has 0 fully saturated rings. The highest BCUT2D eigenvalue weighted by atomic mass is 32.1. The molecule has 5 nitrogen and oxygen atoms in total. The maximum atomic E-state index is 12.0. The van der Waals surface area contributed by atoms with Crippen molar-refractivity contribution in [2.24, 2.45) is 5.73 Å². The number of alkyl halides is 3. The normalized spacial score (nSPS) is 14.0. The minimum Gasteiger partial charge on any atom is -0.376 e. The van der Waals surface area contributed by atoms with Gasteiger partial charge < -0.3 is 10.8 Å². The first-order chi connectivity index (χ1) is 6.32. The van der Waals surface area contributed by atoms with Crippen molar-refractivity contribution in [2.45, 2.75) is 12.3 Å². The zero-order valence-corrected chi connectivity index (χ0v) is 7.26. The van der Waals surface area contributed by atoms with Crippen LogP contribution in [0.15, 0.2) is 0 Å². The van der Waals surface area contributed by atoms with Crippen LogP contribution < -0.4 is 5.73 Å². The Labute approximate surface area is 79.4 Å². The summed E-state index contributed by atoms with van der Waals surface area (Å²) in [4.78, 5) is 10.4. The summed E-state index contributed by atoms with van der Waals surface area (Å²) in [6.07, 6.45) is -6.48. The number of aliphatic hydroxyl groups is 1. The number of primary amides is 1. The highest BCUT2D eigenvalue weighted by Crippen LogP contribution is 2.32. The first-order valence-electron chi connectivity index (χ1n) is 3.20. The number of carbonyl (C=O) groups excluding carboxylic acids is 1. The predicted octanol–water partition coefficient (Wildman–Crippen LogP) is 0.0756. The summed E-state index contributed by atoms with van der Waals surface area (Å²) >= 11 is 0.0782. The molecule has 78 valence electrons. The number of nitrogens with two attached hydrogens (primary N) is 1. The molecule has 1 amide bonds. The molecule has 3 N–H and O–H groups in total. The van der Waals surface area contributed by atoms with Crippen molar-refractivity contribution < 1.29 is 23.1 Å². The number of nitrogens with zero attached hydrogens (tertiary/aromatic N) is 2. The quantitative estimate of drug-likeness (QED) is 0.748. The van der Waals surface area contributed by atoms with E-state index in [9.17, 15) is 18.0 Å². The summed E-state index contributed by atoms with van der Waals surface area (Å²) in [5, 5.41) is 13.0. The van der Waals surface area contributed by atoms with Crippen LogP contribution in [0.3, 0.4) is 0 Å². The molecule has 1 aromatic heterocycles. The molecule has 0 aliphatic rings. The third-order valence-electron chi connectivity index (χ3n) is 1.19. The second kappa shape index (κ2) is 3.50. The molecular formula is C5H4F3N3O2S. The molecule has 1 atom stereocenters. The topological polar surface area (TPSA) is 89.1 Å². The molecule has 0 saturated heterocycles. The van der Waals surface area contributed by atoms with Gasteiger partial charge in [0.25, 0.3) is 5.91 Å². The van der Waals surface area contributed by atoms with Crippen LogP contribution in [0.1, 0.15) is 16.1 Å². The number of hydrogen-bond donors (Lipinski definition) is 2. The van der Waals surface area contributed by atoms with E-state index in [4.69, 9.17) is 5.11 Å². The van der Waals surface area contributed by atoms with E-state index in [1.165, 1.54) is 0 Å². The van der Waals surface area contributed by atoms with Crippen molar-refractivity contribution in [1.82, 2.24) is 10.2 Å². The van der Waals surface area contributed by atoms with Crippen molar-refractivity contribution in [3.8, 4) is 0 Å². The molecule has 0 spiro atoms. The van der Waals surface area contributed by atoms with Gasteiger partial charge in [0.15, 0.2) is 11.1 Å². The zero-order valence-electron chi connectivity index (χ0n) is 6.45. The van der Waals surface area contributed by atoms with Crippen molar-refractivity contribution in [3.63, 3.8) is 0 Å². The van der Waals surface area contributed by atoms with Crippen LogP contribution in [0.2, 0.25) is 0 Å². The molecule has 1 unspecified atom stereocenters. The van der Waals surface area contributed by atoms with Gasteiger partial charge in [-0.05, 0) is 0 Å². The second-order valence-corrected chi connectivity index (χ2v) is 3.26. The van der Waals surface area contributed by atoms with Crippen LogP contribution in [0.5, 0.6) is 0 Å². The summed E-state index contributed by atoms with van der Waals surface area (Å²) in [6, 6.07) is 0. The van der Waals surface area contributed by atoms with Gasteiger partial charge in [0.1, 0.15) is 0 Å². The lowest BCUT2D eigenvalue weighted by molar-refractivity contribution is -0.138. The summed E-state index contributed by atoms with van der Waals surface area (Å²) < 4.78 is 35.9. The van der Waals surface area contributed by atoms with Gasteiger partial charge in [0, 0.05) is 0 Å². The number of aliphatic hydroxyl groups excluding tert-OH is 1. The van der Waals surface area contributed by atoms with E-state index < -0.39 is 28.2 Å². The summed E-state index contributed by atoms with van der Waals surface area (Å²) in [5.74, 6) is -1.17. The third kappa shape index (κ3) is 2.17. The molecule has 14 heavy (non-hydrogen) atoms. The maximum Gasteiger partial charge on any atom is 0.445 e. The standard InChI is InChI=1S/C5H4F3N3O2S/c6-5(7,8)4-11-10-3(14-4)1(12)2(9)13/h1,12H,(H2,9,13). The first kappa shape index (κ1) is 10.9. The Kier molecular flexibility index (Phi) is 2.71. The van der Waals surface area contributed by atoms with Gasteiger partial charge in [-0.25, -0.2) is 0 Å². The Balaban J connectivity index is 2.94. The average Bonchev–Trinajstić information content (AvgIpc) is 2.49. The van der Waals surface area contributed by atoms with E-state index in [1.54, 1.807) is 0 Å². The van der Waals surface area contributed by atoms with Crippen LogP contribution in [0.25, 0.3) is 0 Å². The highest BCUT2D eigenvalue weighted by Gasteiger charge is 2.36. The Hall–Kier alpha value is -1.22. The predicted molar refractivity (Wildman–Crippen MR) is 39.1 cm³/mol. The van der Waals surface area contributed by atoms with Crippen LogP contribution in [0, 0.1) is 0 Å². The van der Waals surface area contributed by atoms with E-state index in [-0.39, 0.29) is 11.3 Å². The summed E-state index contributed by atoms with van der Waals surface area (Å²) in [5.41, 5.74) is 4.66. The lowest BCUT2D eigenvalue weighted by atomic mass is 10.4.